The predicted octanol–water partition coefficient (Wildman–Crippen LogP) is 11.4. The van der Waals surface area contributed by atoms with Gasteiger partial charge < -0.3 is 12.4 Å². The average molecular weight is 589 g/mol. The molecule has 238 valence electrons. The zero-order valence-corrected chi connectivity index (χ0v) is 29.8. The molecule has 39 heavy (non-hydrogen) atoms. The number of unbranched alkanes of at least 4 members (excludes halogenated alkanes) is 25. The van der Waals surface area contributed by atoms with Crippen LogP contribution in [0.2, 0.25) is 0 Å². The fourth-order valence-electron chi connectivity index (χ4n) is 6.46. The summed E-state index contributed by atoms with van der Waals surface area (Å²) in [5, 5.41) is 0. The fraction of sp³-hybridized carbons (Fsp3) is 1.00. The first-order valence-electron chi connectivity index (χ1n) is 18.6. The molecule has 0 bridgehead atoms. The molecule has 0 rings (SSSR count). The Kier molecular flexibility index (Phi) is 37.5. The molecular weight excluding hydrogens is 511 g/mol. The Morgan fingerprint density at radius 3 is 0.590 bits per heavy atom. The second-order valence-electron chi connectivity index (χ2n) is 13.1. The van der Waals surface area contributed by atoms with E-state index in [0.29, 0.717) is 0 Å². The predicted molar refractivity (Wildman–Crippen MR) is 183 cm³/mol. The molecule has 0 saturated carbocycles. The summed E-state index contributed by atoms with van der Waals surface area (Å²) in [7, 11) is -0.707. The first-order valence-corrected chi connectivity index (χ1v) is 21.1. The molecule has 0 atom stereocenters. The summed E-state index contributed by atoms with van der Waals surface area (Å²) in [5.41, 5.74) is 0. The van der Waals surface area contributed by atoms with E-state index in [-0.39, 0.29) is 12.4 Å². The minimum Gasteiger partial charge on any atom is -1.00 e. The zero-order valence-electron chi connectivity index (χ0n) is 28.2. The van der Waals surface area contributed by atoms with E-state index in [4.69, 9.17) is 0 Å². The first-order chi connectivity index (χ1) is 18.7. The summed E-state index contributed by atoms with van der Waals surface area (Å²) in [6, 6.07) is 0. The van der Waals surface area contributed by atoms with E-state index >= 15 is 0 Å². The Balaban J connectivity index is 0. The van der Waals surface area contributed by atoms with Crippen molar-refractivity contribution in [1.82, 2.24) is 0 Å². The normalized spacial score (nSPS) is 11.7. The second-order valence-corrected chi connectivity index (χ2v) is 17.5. The third-order valence-electron chi connectivity index (χ3n) is 9.19. The molecular formula is C37H78ClP. The van der Waals surface area contributed by atoms with Gasteiger partial charge in [-0.05, 0) is 51.4 Å². The van der Waals surface area contributed by atoms with Gasteiger partial charge in [0.2, 0.25) is 0 Å². The Bertz CT molecular complexity index is 392. The lowest BCUT2D eigenvalue weighted by Crippen LogP contribution is -3.00. The van der Waals surface area contributed by atoms with Crippen LogP contribution in [0.15, 0.2) is 0 Å². The third-order valence-corrected chi connectivity index (χ3v) is 14.3. The quantitative estimate of drug-likeness (QED) is 0.0528. The highest BCUT2D eigenvalue weighted by atomic mass is 35.5. The lowest BCUT2D eigenvalue weighted by atomic mass is 10.0. The van der Waals surface area contributed by atoms with Crippen LogP contribution >= 0.6 is 7.26 Å². The van der Waals surface area contributed by atoms with Crippen LogP contribution in [-0.2, 0) is 0 Å². The van der Waals surface area contributed by atoms with E-state index in [2.05, 4.69) is 27.7 Å². The highest BCUT2D eigenvalue weighted by Crippen LogP contribution is 2.61. The van der Waals surface area contributed by atoms with E-state index < -0.39 is 7.26 Å². The molecule has 0 aromatic rings. The summed E-state index contributed by atoms with van der Waals surface area (Å²) < 4.78 is 0. The van der Waals surface area contributed by atoms with Crippen molar-refractivity contribution < 1.29 is 12.4 Å². The molecule has 0 spiro atoms. The molecule has 0 aromatic heterocycles. The van der Waals surface area contributed by atoms with Crippen LogP contribution in [-0.4, -0.2) is 24.6 Å². The SMILES string of the molecule is CCCCCCCCCCCCCCCCCCC[P+](CCCCCC)(CCCCCC)CCCCCC.[Cl-]. The maximum Gasteiger partial charge on any atom is 0.0594 e. The van der Waals surface area contributed by atoms with Crippen LogP contribution < -0.4 is 12.4 Å². The van der Waals surface area contributed by atoms with Gasteiger partial charge in [-0.3, -0.25) is 0 Å². The van der Waals surface area contributed by atoms with Crippen molar-refractivity contribution in [3.8, 4) is 0 Å². The van der Waals surface area contributed by atoms with Gasteiger partial charge in [0.15, 0.2) is 0 Å². The largest absolute Gasteiger partial charge is 1.00 e. The zero-order chi connectivity index (χ0) is 27.8. The van der Waals surface area contributed by atoms with Crippen LogP contribution in [0.25, 0.3) is 0 Å². The topological polar surface area (TPSA) is 0 Å². The van der Waals surface area contributed by atoms with Crippen LogP contribution in [0.3, 0.4) is 0 Å². The second kappa shape index (κ2) is 34.9. The molecule has 0 N–H and O–H groups in total. The molecule has 0 aliphatic carbocycles. The van der Waals surface area contributed by atoms with Crippen molar-refractivity contribution in [3.05, 3.63) is 0 Å². The van der Waals surface area contributed by atoms with E-state index in [1.165, 1.54) is 161 Å². The Morgan fingerprint density at radius 1 is 0.231 bits per heavy atom. The minimum atomic E-state index is -0.707. The number of halogens is 1. The standard InChI is InChI=1S/C37H78P.ClH/c1-5-9-13-17-18-19-20-21-22-23-24-25-26-27-28-29-33-37-38(34-30-14-10-6-2,35-31-15-11-7-3)36-32-16-12-8-4;/h5-37H2,1-4H3;1H/q+1;/p-1. The van der Waals surface area contributed by atoms with Gasteiger partial charge in [0.05, 0.1) is 24.6 Å². The van der Waals surface area contributed by atoms with E-state index in [1.807, 2.05) is 0 Å². The maximum absolute atomic E-state index is 2.37. The average Bonchev–Trinajstić information content (AvgIpc) is 2.93. The summed E-state index contributed by atoms with van der Waals surface area (Å²) in [6.07, 6.45) is 49.6. The van der Waals surface area contributed by atoms with E-state index in [0.717, 1.165) is 0 Å². The Labute approximate surface area is 257 Å². The third kappa shape index (κ3) is 30.0. The van der Waals surface area contributed by atoms with Gasteiger partial charge in [-0.2, -0.15) is 0 Å². The molecule has 0 fully saturated rings. The molecule has 0 unspecified atom stereocenters. The highest BCUT2D eigenvalue weighted by Gasteiger charge is 2.34. The maximum atomic E-state index is 2.37. The van der Waals surface area contributed by atoms with Gasteiger partial charge >= 0.3 is 0 Å². The van der Waals surface area contributed by atoms with Crippen molar-refractivity contribution in [1.29, 1.82) is 0 Å². The smallest absolute Gasteiger partial charge is 0.0594 e. The summed E-state index contributed by atoms with van der Waals surface area (Å²) in [6.45, 7) is 9.42. The number of hydrogen-bond donors (Lipinski definition) is 0. The lowest BCUT2D eigenvalue weighted by molar-refractivity contribution is -0.00000864. The molecule has 0 aromatic carbocycles. The van der Waals surface area contributed by atoms with Crippen molar-refractivity contribution >= 4 is 7.26 Å². The fourth-order valence-corrected chi connectivity index (χ4v) is 11.4. The molecule has 0 aliphatic rings. The van der Waals surface area contributed by atoms with Crippen LogP contribution in [0.1, 0.15) is 214 Å². The van der Waals surface area contributed by atoms with Crippen molar-refractivity contribution in [3.63, 3.8) is 0 Å². The van der Waals surface area contributed by atoms with Gasteiger partial charge in [-0.1, -0.05) is 163 Å². The number of rotatable bonds is 33. The van der Waals surface area contributed by atoms with Crippen molar-refractivity contribution in [2.24, 2.45) is 0 Å². The summed E-state index contributed by atoms with van der Waals surface area (Å²) in [4.78, 5) is 0. The number of hydrogen-bond acceptors (Lipinski definition) is 0. The Hall–Kier alpha value is 0.720. The summed E-state index contributed by atoms with van der Waals surface area (Å²) >= 11 is 0. The lowest BCUT2D eigenvalue weighted by Gasteiger charge is -2.28. The molecule has 0 saturated heterocycles. The van der Waals surface area contributed by atoms with Crippen LogP contribution in [0, 0.1) is 0 Å². The van der Waals surface area contributed by atoms with Crippen molar-refractivity contribution in [2.75, 3.05) is 24.6 Å². The van der Waals surface area contributed by atoms with Gasteiger partial charge in [0, 0.05) is 7.26 Å². The van der Waals surface area contributed by atoms with Crippen molar-refractivity contribution in [2.45, 2.75) is 214 Å². The van der Waals surface area contributed by atoms with E-state index in [9.17, 15) is 0 Å². The monoisotopic (exact) mass is 589 g/mol. The van der Waals surface area contributed by atoms with Gasteiger partial charge in [-0.25, -0.2) is 0 Å². The van der Waals surface area contributed by atoms with Crippen LogP contribution in [0.5, 0.6) is 0 Å². The molecule has 0 amide bonds. The highest BCUT2D eigenvalue weighted by molar-refractivity contribution is 7.75. The molecule has 0 radical (unpaired) electrons. The molecule has 0 aliphatic heterocycles. The van der Waals surface area contributed by atoms with Gasteiger partial charge in [-0.15, -0.1) is 0 Å². The molecule has 2 heteroatoms. The van der Waals surface area contributed by atoms with Gasteiger partial charge in [0.1, 0.15) is 0 Å². The molecule has 0 heterocycles. The summed E-state index contributed by atoms with van der Waals surface area (Å²) in [5.74, 6) is 0. The first kappa shape index (κ1) is 41.9. The van der Waals surface area contributed by atoms with Crippen LogP contribution in [0.4, 0.5) is 0 Å². The Morgan fingerprint density at radius 2 is 0.385 bits per heavy atom. The van der Waals surface area contributed by atoms with Gasteiger partial charge in [0.25, 0.3) is 0 Å². The van der Waals surface area contributed by atoms with E-state index in [1.54, 1.807) is 50.3 Å². The minimum absolute atomic E-state index is 0. The molecule has 0 nitrogen and oxygen atoms in total.